The van der Waals surface area contributed by atoms with Crippen molar-refractivity contribution in [2.75, 3.05) is 10.6 Å². The lowest BCUT2D eigenvalue weighted by atomic mass is 10.1. The summed E-state index contributed by atoms with van der Waals surface area (Å²) in [7, 11) is 0. The molecule has 0 aliphatic rings. The van der Waals surface area contributed by atoms with E-state index in [1.54, 1.807) is 42.5 Å². The fraction of sp³-hybridized carbons (Fsp3) is 0.0385. The summed E-state index contributed by atoms with van der Waals surface area (Å²) in [6.07, 6.45) is 1.43. The Balaban J connectivity index is 1.51. The first kappa shape index (κ1) is 24.1. The zero-order valence-corrected chi connectivity index (χ0v) is 19.7. The van der Waals surface area contributed by atoms with Gasteiger partial charge in [0.25, 0.3) is 5.91 Å². The van der Waals surface area contributed by atoms with E-state index >= 15 is 0 Å². The third kappa shape index (κ3) is 6.11. The fourth-order valence-corrected chi connectivity index (χ4v) is 4.45. The first-order chi connectivity index (χ1) is 16.9. The minimum atomic E-state index is -1.18. The molecule has 1 heterocycles. The van der Waals surface area contributed by atoms with E-state index in [2.05, 4.69) is 10.6 Å². The molecule has 1 atom stereocenters. The molecule has 176 valence electrons. The van der Waals surface area contributed by atoms with Crippen LogP contribution in [0.4, 0.5) is 11.4 Å². The minimum absolute atomic E-state index is 0.0868. The number of hydrogen-bond acceptors (Lipinski definition) is 5. The number of amides is 2. The lowest BCUT2D eigenvalue weighted by molar-refractivity contribution is -0.115. The van der Waals surface area contributed by atoms with Crippen LogP contribution in [0.25, 0.3) is 0 Å². The van der Waals surface area contributed by atoms with Gasteiger partial charge in [-0.1, -0.05) is 41.9 Å². The van der Waals surface area contributed by atoms with Gasteiger partial charge >= 0.3 is 5.97 Å². The predicted octanol–water partition coefficient (Wildman–Crippen LogP) is 6.36. The van der Waals surface area contributed by atoms with E-state index in [-0.39, 0.29) is 28.2 Å². The summed E-state index contributed by atoms with van der Waals surface area (Å²) in [5.74, 6) is -1.66. The van der Waals surface area contributed by atoms with Crippen molar-refractivity contribution in [2.45, 2.75) is 10.1 Å². The third-order valence-electron chi connectivity index (χ3n) is 4.92. The van der Waals surface area contributed by atoms with Gasteiger partial charge in [-0.15, -0.1) is 11.8 Å². The van der Waals surface area contributed by atoms with Crippen molar-refractivity contribution in [3.63, 3.8) is 0 Å². The van der Waals surface area contributed by atoms with E-state index in [1.165, 1.54) is 30.2 Å². The molecular formula is C26H19ClN2O5S. The highest BCUT2D eigenvalue weighted by molar-refractivity contribution is 8.00. The number of hydrogen-bond donors (Lipinski definition) is 3. The van der Waals surface area contributed by atoms with Gasteiger partial charge in [-0.25, -0.2) is 4.79 Å². The molecule has 1 unspecified atom stereocenters. The van der Waals surface area contributed by atoms with E-state index in [9.17, 15) is 19.5 Å². The molecule has 0 fully saturated rings. The van der Waals surface area contributed by atoms with Crippen molar-refractivity contribution in [3.05, 3.63) is 113 Å². The zero-order chi connectivity index (χ0) is 24.8. The molecule has 0 bridgehead atoms. The summed E-state index contributed by atoms with van der Waals surface area (Å²) in [6, 6.07) is 23.8. The van der Waals surface area contributed by atoms with Crippen molar-refractivity contribution in [1.29, 1.82) is 0 Å². The van der Waals surface area contributed by atoms with Crippen molar-refractivity contribution in [3.8, 4) is 0 Å². The first-order valence-corrected chi connectivity index (χ1v) is 11.7. The van der Waals surface area contributed by atoms with Gasteiger partial charge in [0, 0.05) is 16.3 Å². The quantitative estimate of drug-likeness (QED) is 0.240. The van der Waals surface area contributed by atoms with E-state index in [0.29, 0.717) is 11.4 Å². The van der Waals surface area contributed by atoms with E-state index < -0.39 is 11.2 Å². The number of carboxylic acid groups (broad SMARTS) is 1. The normalized spacial score (nSPS) is 11.5. The molecular weight excluding hydrogens is 488 g/mol. The maximum Gasteiger partial charge on any atom is 0.337 e. The Morgan fingerprint density at radius 1 is 0.857 bits per heavy atom. The number of furan rings is 1. The SMILES string of the molecule is O=C(Nc1ccc(SC(C(=O)Nc2ccc(Cl)c(C(=O)O)c2)c2ccccc2)cc1)c1ccco1. The van der Waals surface area contributed by atoms with Gasteiger partial charge in [0.05, 0.1) is 16.8 Å². The van der Waals surface area contributed by atoms with Gasteiger partial charge in [-0.2, -0.15) is 0 Å². The molecule has 4 rings (SSSR count). The summed E-state index contributed by atoms with van der Waals surface area (Å²) in [5.41, 5.74) is 1.59. The molecule has 35 heavy (non-hydrogen) atoms. The molecule has 3 aromatic carbocycles. The molecule has 3 N–H and O–H groups in total. The van der Waals surface area contributed by atoms with Crippen LogP contribution in [0, 0.1) is 0 Å². The topological polar surface area (TPSA) is 109 Å². The summed E-state index contributed by atoms with van der Waals surface area (Å²) < 4.78 is 5.09. The van der Waals surface area contributed by atoms with Crippen molar-refractivity contribution < 1.29 is 23.9 Å². The van der Waals surface area contributed by atoms with Crippen LogP contribution in [0.3, 0.4) is 0 Å². The zero-order valence-electron chi connectivity index (χ0n) is 18.1. The summed E-state index contributed by atoms with van der Waals surface area (Å²) >= 11 is 7.26. The summed E-state index contributed by atoms with van der Waals surface area (Å²) in [5, 5.41) is 14.3. The fourth-order valence-electron chi connectivity index (χ4n) is 3.23. The molecule has 2 amide bonds. The van der Waals surface area contributed by atoms with Crippen LogP contribution in [0.15, 0.2) is 101 Å². The molecule has 0 saturated heterocycles. The van der Waals surface area contributed by atoms with Crippen LogP contribution in [0.1, 0.15) is 31.7 Å². The van der Waals surface area contributed by atoms with Crippen molar-refractivity contribution in [2.24, 2.45) is 0 Å². The van der Waals surface area contributed by atoms with Crippen LogP contribution in [-0.2, 0) is 4.79 Å². The largest absolute Gasteiger partial charge is 0.478 e. The summed E-state index contributed by atoms with van der Waals surface area (Å²) in [6.45, 7) is 0. The number of nitrogens with one attached hydrogen (secondary N) is 2. The van der Waals surface area contributed by atoms with E-state index in [4.69, 9.17) is 16.0 Å². The van der Waals surface area contributed by atoms with Gasteiger partial charge in [0.2, 0.25) is 5.91 Å². The molecule has 7 nitrogen and oxygen atoms in total. The van der Waals surface area contributed by atoms with Crippen molar-refractivity contribution >= 4 is 52.5 Å². The molecule has 9 heteroatoms. The monoisotopic (exact) mass is 506 g/mol. The second kappa shape index (κ2) is 10.9. The smallest absolute Gasteiger partial charge is 0.337 e. The van der Waals surface area contributed by atoms with Gasteiger partial charge < -0.3 is 20.2 Å². The number of thioether (sulfide) groups is 1. The molecule has 0 radical (unpaired) electrons. The Morgan fingerprint density at radius 2 is 1.57 bits per heavy atom. The lowest BCUT2D eigenvalue weighted by Crippen LogP contribution is -2.19. The Labute approximate surface area is 210 Å². The summed E-state index contributed by atoms with van der Waals surface area (Å²) in [4.78, 5) is 37.6. The number of benzene rings is 3. The molecule has 0 aliphatic heterocycles. The maximum atomic E-state index is 13.2. The average molecular weight is 507 g/mol. The van der Waals surface area contributed by atoms with Crippen LogP contribution in [0.2, 0.25) is 5.02 Å². The average Bonchev–Trinajstić information content (AvgIpc) is 3.40. The number of aromatic carboxylic acids is 1. The Bertz CT molecular complexity index is 1340. The minimum Gasteiger partial charge on any atom is -0.478 e. The Kier molecular flexibility index (Phi) is 7.54. The third-order valence-corrected chi connectivity index (χ3v) is 6.51. The molecule has 0 aliphatic carbocycles. The number of rotatable bonds is 8. The molecule has 1 aromatic heterocycles. The van der Waals surface area contributed by atoms with Gasteiger partial charge in [-0.3, -0.25) is 9.59 Å². The van der Waals surface area contributed by atoms with Crippen LogP contribution in [0.5, 0.6) is 0 Å². The lowest BCUT2D eigenvalue weighted by Gasteiger charge is -2.18. The maximum absolute atomic E-state index is 13.2. The van der Waals surface area contributed by atoms with Crippen LogP contribution >= 0.6 is 23.4 Å². The molecule has 0 saturated carbocycles. The Morgan fingerprint density at radius 3 is 2.23 bits per heavy atom. The van der Waals surface area contributed by atoms with E-state index in [1.807, 2.05) is 30.3 Å². The first-order valence-electron chi connectivity index (χ1n) is 10.4. The molecule has 0 spiro atoms. The number of anilines is 2. The standard InChI is InChI=1S/C26H19ClN2O5S/c27-21-13-10-18(15-20(21)26(32)33)29-25(31)23(16-5-2-1-3-6-16)35-19-11-8-17(9-12-19)28-24(30)22-7-4-14-34-22/h1-15,23H,(H,28,30)(H,29,31)(H,32,33). The Hall–Kier alpha value is -4.01. The van der Waals surface area contributed by atoms with Crippen LogP contribution < -0.4 is 10.6 Å². The number of carboxylic acids is 1. The van der Waals surface area contributed by atoms with Gasteiger partial charge in [0.1, 0.15) is 5.25 Å². The molecule has 4 aromatic rings. The van der Waals surface area contributed by atoms with Crippen LogP contribution in [-0.4, -0.2) is 22.9 Å². The number of carbonyl (C=O) groups is 3. The number of carbonyl (C=O) groups excluding carboxylic acids is 2. The van der Waals surface area contributed by atoms with Gasteiger partial charge in [0.15, 0.2) is 5.76 Å². The van der Waals surface area contributed by atoms with E-state index in [0.717, 1.165) is 10.5 Å². The van der Waals surface area contributed by atoms with Gasteiger partial charge in [-0.05, 0) is 60.2 Å². The predicted molar refractivity (Wildman–Crippen MR) is 135 cm³/mol. The second-order valence-electron chi connectivity index (χ2n) is 7.35. The number of halogens is 1. The highest BCUT2D eigenvalue weighted by Crippen LogP contribution is 2.37. The second-order valence-corrected chi connectivity index (χ2v) is 8.94. The van der Waals surface area contributed by atoms with Crippen molar-refractivity contribution in [1.82, 2.24) is 0 Å². The highest BCUT2D eigenvalue weighted by atomic mass is 35.5. The highest BCUT2D eigenvalue weighted by Gasteiger charge is 2.23.